The van der Waals surface area contributed by atoms with E-state index in [1.54, 1.807) is 12.4 Å². The standard InChI is InChI=1S/C16H19ClN2/c1-3-19-16(14-6-4-5-12(2)9-14)10-13-7-8-18-11-15(13)17/h4-9,11,16,19H,3,10H2,1-2H3. The number of aryl methyl sites for hydroxylation is 1. The van der Waals surface area contributed by atoms with Crippen LogP contribution < -0.4 is 5.32 Å². The fraction of sp³-hybridized carbons (Fsp3) is 0.312. The molecule has 1 N–H and O–H groups in total. The number of benzene rings is 1. The van der Waals surface area contributed by atoms with Crippen molar-refractivity contribution in [3.05, 3.63) is 64.4 Å². The number of nitrogens with one attached hydrogen (secondary N) is 1. The number of pyridine rings is 1. The molecule has 0 aliphatic heterocycles. The first kappa shape index (κ1) is 14.0. The Morgan fingerprint density at radius 2 is 2.16 bits per heavy atom. The highest BCUT2D eigenvalue weighted by molar-refractivity contribution is 6.31. The summed E-state index contributed by atoms with van der Waals surface area (Å²) in [5.41, 5.74) is 3.71. The molecule has 0 amide bonds. The summed E-state index contributed by atoms with van der Waals surface area (Å²) in [6, 6.07) is 10.9. The number of halogens is 1. The van der Waals surface area contributed by atoms with E-state index in [9.17, 15) is 0 Å². The van der Waals surface area contributed by atoms with Gasteiger partial charge in [0.05, 0.1) is 5.02 Å². The molecule has 100 valence electrons. The van der Waals surface area contributed by atoms with Crippen LogP contribution in [0.4, 0.5) is 0 Å². The predicted molar refractivity (Wildman–Crippen MR) is 80.5 cm³/mol. The molecule has 1 unspecified atom stereocenters. The fourth-order valence-electron chi connectivity index (χ4n) is 2.23. The van der Waals surface area contributed by atoms with Crippen LogP contribution in [0.15, 0.2) is 42.7 Å². The number of rotatable bonds is 5. The summed E-state index contributed by atoms with van der Waals surface area (Å²) < 4.78 is 0. The van der Waals surface area contributed by atoms with Crippen molar-refractivity contribution in [1.82, 2.24) is 10.3 Å². The number of nitrogens with zero attached hydrogens (tertiary/aromatic N) is 1. The molecule has 3 heteroatoms. The minimum Gasteiger partial charge on any atom is -0.310 e. The Morgan fingerprint density at radius 1 is 1.32 bits per heavy atom. The molecule has 1 heterocycles. The lowest BCUT2D eigenvalue weighted by molar-refractivity contribution is 0.549. The maximum Gasteiger partial charge on any atom is 0.0622 e. The molecule has 1 aromatic carbocycles. The van der Waals surface area contributed by atoms with Crippen molar-refractivity contribution in [3.8, 4) is 0 Å². The van der Waals surface area contributed by atoms with Gasteiger partial charge >= 0.3 is 0 Å². The molecule has 0 radical (unpaired) electrons. The van der Waals surface area contributed by atoms with E-state index < -0.39 is 0 Å². The van der Waals surface area contributed by atoms with Crippen molar-refractivity contribution in [2.45, 2.75) is 26.3 Å². The molecule has 0 saturated carbocycles. The van der Waals surface area contributed by atoms with E-state index >= 15 is 0 Å². The zero-order chi connectivity index (χ0) is 13.7. The molecule has 19 heavy (non-hydrogen) atoms. The van der Waals surface area contributed by atoms with Gasteiger partial charge in [-0.15, -0.1) is 0 Å². The van der Waals surface area contributed by atoms with Crippen LogP contribution in [0.2, 0.25) is 5.02 Å². The smallest absolute Gasteiger partial charge is 0.0622 e. The Morgan fingerprint density at radius 3 is 2.84 bits per heavy atom. The second kappa shape index (κ2) is 6.69. The van der Waals surface area contributed by atoms with Gasteiger partial charge in [0.2, 0.25) is 0 Å². The molecule has 0 aliphatic carbocycles. The first-order valence-electron chi connectivity index (χ1n) is 6.59. The summed E-state index contributed by atoms with van der Waals surface area (Å²) in [4.78, 5) is 4.03. The molecule has 0 spiro atoms. The van der Waals surface area contributed by atoms with Crippen LogP contribution in [-0.2, 0) is 6.42 Å². The van der Waals surface area contributed by atoms with Gasteiger partial charge in [-0.05, 0) is 37.1 Å². The number of hydrogen-bond donors (Lipinski definition) is 1. The lowest BCUT2D eigenvalue weighted by atomic mass is 9.98. The van der Waals surface area contributed by atoms with Gasteiger partial charge in [-0.1, -0.05) is 48.4 Å². The third-order valence-corrected chi connectivity index (χ3v) is 3.52. The number of hydrogen-bond acceptors (Lipinski definition) is 2. The van der Waals surface area contributed by atoms with E-state index in [-0.39, 0.29) is 6.04 Å². The van der Waals surface area contributed by atoms with Gasteiger partial charge in [0.15, 0.2) is 0 Å². The van der Waals surface area contributed by atoms with Gasteiger partial charge < -0.3 is 5.32 Å². The summed E-state index contributed by atoms with van der Waals surface area (Å²) in [5, 5.41) is 4.26. The van der Waals surface area contributed by atoms with Crippen molar-refractivity contribution in [1.29, 1.82) is 0 Å². The molecule has 1 atom stereocenters. The van der Waals surface area contributed by atoms with Gasteiger partial charge in [0.1, 0.15) is 0 Å². The van der Waals surface area contributed by atoms with E-state index in [2.05, 4.69) is 48.4 Å². The van der Waals surface area contributed by atoms with Crippen LogP contribution in [0, 0.1) is 6.92 Å². The average molecular weight is 275 g/mol. The van der Waals surface area contributed by atoms with Crippen molar-refractivity contribution in [2.24, 2.45) is 0 Å². The van der Waals surface area contributed by atoms with Crippen molar-refractivity contribution in [3.63, 3.8) is 0 Å². The van der Waals surface area contributed by atoms with Crippen molar-refractivity contribution < 1.29 is 0 Å². The third-order valence-electron chi connectivity index (χ3n) is 3.18. The minimum atomic E-state index is 0.282. The molecule has 0 saturated heterocycles. The Bertz CT molecular complexity index is 540. The van der Waals surface area contributed by atoms with Crippen LogP contribution in [0.3, 0.4) is 0 Å². The maximum absolute atomic E-state index is 6.20. The third kappa shape index (κ3) is 3.79. The maximum atomic E-state index is 6.20. The molecule has 1 aromatic heterocycles. The summed E-state index contributed by atoms with van der Waals surface area (Å²) in [7, 11) is 0. The monoisotopic (exact) mass is 274 g/mol. The second-order valence-corrected chi connectivity index (χ2v) is 5.10. The Labute approximate surface area is 119 Å². The average Bonchev–Trinajstić information content (AvgIpc) is 2.40. The quantitative estimate of drug-likeness (QED) is 0.893. The molecular formula is C16H19ClN2. The van der Waals surface area contributed by atoms with Crippen LogP contribution in [0.25, 0.3) is 0 Å². The van der Waals surface area contributed by atoms with E-state index in [1.807, 2.05) is 6.07 Å². The number of aromatic nitrogens is 1. The number of likely N-dealkylation sites (N-methyl/N-ethyl adjacent to an activating group) is 1. The molecule has 0 aliphatic rings. The molecule has 2 rings (SSSR count). The molecular weight excluding hydrogens is 256 g/mol. The lowest BCUT2D eigenvalue weighted by Crippen LogP contribution is -2.23. The Hall–Kier alpha value is -1.38. The van der Waals surface area contributed by atoms with E-state index in [1.165, 1.54) is 11.1 Å². The molecule has 2 nitrogen and oxygen atoms in total. The van der Waals surface area contributed by atoms with Crippen LogP contribution in [0.5, 0.6) is 0 Å². The van der Waals surface area contributed by atoms with Gasteiger partial charge in [-0.3, -0.25) is 4.98 Å². The predicted octanol–water partition coefficient (Wildman–Crippen LogP) is 3.94. The topological polar surface area (TPSA) is 24.9 Å². The largest absolute Gasteiger partial charge is 0.310 e. The van der Waals surface area contributed by atoms with Gasteiger partial charge in [0.25, 0.3) is 0 Å². The Balaban J connectivity index is 2.24. The van der Waals surface area contributed by atoms with Crippen molar-refractivity contribution in [2.75, 3.05) is 6.54 Å². The van der Waals surface area contributed by atoms with Crippen LogP contribution in [0.1, 0.15) is 29.7 Å². The zero-order valence-electron chi connectivity index (χ0n) is 11.4. The van der Waals surface area contributed by atoms with Crippen LogP contribution in [-0.4, -0.2) is 11.5 Å². The summed E-state index contributed by atoms with van der Waals surface area (Å²) in [6.45, 7) is 5.17. The SMILES string of the molecule is CCNC(Cc1ccncc1Cl)c1cccc(C)c1. The fourth-order valence-corrected chi connectivity index (χ4v) is 2.43. The van der Waals surface area contributed by atoms with E-state index in [0.717, 1.165) is 23.6 Å². The van der Waals surface area contributed by atoms with Gasteiger partial charge in [0, 0.05) is 18.4 Å². The summed E-state index contributed by atoms with van der Waals surface area (Å²) in [6.07, 6.45) is 4.37. The second-order valence-electron chi connectivity index (χ2n) is 4.70. The van der Waals surface area contributed by atoms with E-state index in [4.69, 9.17) is 11.6 Å². The molecule has 0 fully saturated rings. The van der Waals surface area contributed by atoms with Gasteiger partial charge in [-0.25, -0.2) is 0 Å². The summed E-state index contributed by atoms with van der Waals surface area (Å²) >= 11 is 6.20. The molecule has 2 aromatic rings. The lowest BCUT2D eigenvalue weighted by Gasteiger charge is -2.19. The highest BCUT2D eigenvalue weighted by atomic mass is 35.5. The highest BCUT2D eigenvalue weighted by Gasteiger charge is 2.13. The normalized spacial score (nSPS) is 12.4. The highest BCUT2D eigenvalue weighted by Crippen LogP contribution is 2.23. The minimum absolute atomic E-state index is 0.282. The Kier molecular flexibility index (Phi) is 4.94. The van der Waals surface area contributed by atoms with Crippen molar-refractivity contribution >= 4 is 11.6 Å². The van der Waals surface area contributed by atoms with E-state index in [0.29, 0.717) is 0 Å². The first-order chi connectivity index (χ1) is 9.20. The molecule has 0 bridgehead atoms. The summed E-state index contributed by atoms with van der Waals surface area (Å²) in [5.74, 6) is 0. The van der Waals surface area contributed by atoms with Gasteiger partial charge in [-0.2, -0.15) is 0 Å². The first-order valence-corrected chi connectivity index (χ1v) is 6.97. The van der Waals surface area contributed by atoms with Crippen LogP contribution >= 0.6 is 11.6 Å². The zero-order valence-corrected chi connectivity index (χ0v) is 12.1.